The van der Waals surface area contributed by atoms with Gasteiger partial charge in [-0.25, -0.2) is 5.84 Å². The lowest BCUT2D eigenvalue weighted by Gasteiger charge is -2.16. The Morgan fingerprint density at radius 2 is 2.00 bits per heavy atom. The van der Waals surface area contributed by atoms with Gasteiger partial charge < -0.3 is 14.4 Å². The number of ether oxygens (including phenoxy) is 2. The number of aromatic nitrogens is 3. The smallest absolute Gasteiger partial charge is 0.323 e. The molecule has 8 heteroatoms. The number of hydrogen-bond donors (Lipinski definition) is 2. The van der Waals surface area contributed by atoms with Gasteiger partial charge in [-0.3, -0.25) is 5.43 Å². The molecule has 2 rings (SSSR count). The third-order valence-corrected chi connectivity index (χ3v) is 2.78. The van der Waals surface area contributed by atoms with E-state index in [4.69, 9.17) is 15.3 Å². The van der Waals surface area contributed by atoms with Gasteiger partial charge in [0, 0.05) is 19.7 Å². The molecule has 0 unspecified atom stereocenters. The van der Waals surface area contributed by atoms with E-state index in [2.05, 4.69) is 25.3 Å². The molecule has 0 atom stereocenters. The minimum absolute atomic E-state index is 0.268. The van der Waals surface area contributed by atoms with Gasteiger partial charge in [0.05, 0.1) is 6.61 Å². The number of anilines is 2. The van der Waals surface area contributed by atoms with Crippen molar-refractivity contribution < 1.29 is 9.47 Å². The highest BCUT2D eigenvalue weighted by atomic mass is 16.5. The standard InChI is InChI=1S/C11H20N6O2/c1-2-18-7-8-19-11-14-9(16-12)13-10(15-11)17-5-3-4-6-17/h2-8,12H2,1H3,(H,13,14,15,16). The SMILES string of the molecule is CCOCCOc1nc(NN)nc(N2CCCC2)n1. The van der Waals surface area contributed by atoms with Crippen LogP contribution in [-0.2, 0) is 4.74 Å². The van der Waals surface area contributed by atoms with Crippen LogP contribution in [0.15, 0.2) is 0 Å². The van der Waals surface area contributed by atoms with E-state index in [1.807, 2.05) is 6.92 Å². The van der Waals surface area contributed by atoms with Gasteiger partial charge in [0.15, 0.2) is 0 Å². The lowest BCUT2D eigenvalue weighted by Crippen LogP contribution is -2.23. The van der Waals surface area contributed by atoms with Crippen molar-refractivity contribution in [2.45, 2.75) is 19.8 Å². The van der Waals surface area contributed by atoms with Crippen LogP contribution in [0.4, 0.5) is 11.9 Å². The number of nitrogens with two attached hydrogens (primary N) is 1. The summed E-state index contributed by atoms with van der Waals surface area (Å²) in [7, 11) is 0. The molecule has 0 aromatic carbocycles. The Morgan fingerprint density at radius 1 is 1.21 bits per heavy atom. The van der Waals surface area contributed by atoms with E-state index in [0.29, 0.717) is 31.7 Å². The summed E-state index contributed by atoms with van der Waals surface area (Å²) in [4.78, 5) is 14.7. The highest BCUT2D eigenvalue weighted by Gasteiger charge is 2.17. The molecule has 2 heterocycles. The second-order valence-electron chi connectivity index (χ2n) is 4.13. The van der Waals surface area contributed by atoms with Crippen LogP contribution in [0.5, 0.6) is 6.01 Å². The molecular formula is C11H20N6O2. The Kier molecular flexibility index (Phi) is 5.10. The molecule has 1 aromatic heterocycles. The highest BCUT2D eigenvalue weighted by molar-refractivity contribution is 5.38. The molecule has 106 valence electrons. The maximum Gasteiger partial charge on any atom is 0.323 e. The van der Waals surface area contributed by atoms with Crippen molar-refractivity contribution in [1.29, 1.82) is 0 Å². The molecule has 0 saturated carbocycles. The summed E-state index contributed by atoms with van der Waals surface area (Å²) in [6, 6.07) is 0.268. The average Bonchev–Trinajstić information content (AvgIpc) is 2.97. The largest absolute Gasteiger partial charge is 0.461 e. The van der Waals surface area contributed by atoms with Gasteiger partial charge in [-0.15, -0.1) is 0 Å². The average molecular weight is 268 g/mol. The molecule has 1 aliphatic heterocycles. The van der Waals surface area contributed by atoms with Crippen molar-refractivity contribution in [1.82, 2.24) is 15.0 Å². The molecule has 0 aliphatic carbocycles. The Bertz CT molecular complexity index is 397. The second kappa shape index (κ2) is 7.05. The summed E-state index contributed by atoms with van der Waals surface area (Å²) < 4.78 is 10.6. The molecule has 1 aliphatic rings. The number of nitrogens with zero attached hydrogens (tertiary/aromatic N) is 4. The van der Waals surface area contributed by atoms with Gasteiger partial charge in [0.1, 0.15) is 6.61 Å². The highest BCUT2D eigenvalue weighted by Crippen LogP contribution is 2.18. The van der Waals surface area contributed by atoms with Crippen LogP contribution in [0.3, 0.4) is 0 Å². The number of nitrogens with one attached hydrogen (secondary N) is 1. The van der Waals surface area contributed by atoms with E-state index >= 15 is 0 Å². The van der Waals surface area contributed by atoms with Gasteiger partial charge in [0.25, 0.3) is 0 Å². The molecule has 3 N–H and O–H groups in total. The van der Waals surface area contributed by atoms with Gasteiger partial charge in [-0.05, 0) is 19.8 Å². The first-order chi connectivity index (χ1) is 9.33. The molecule has 0 amide bonds. The Hall–Kier alpha value is -1.67. The maximum atomic E-state index is 5.44. The van der Waals surface area contributed by atoms with Crippen molar-refractivity contribution in [2.24, 2.45) is 5.84 Å². The first-order valence-electron chi connectivity index (χ1n) is 6.51. The topological polar surface area (TPSA) is 98.4 Å². The summed E-state index contributed by atoms with van der Waals surface area (Å²) in [6.07, 6.45) is 2.30. The first kappa shape index (κ1) is 13.8. The van der Waals surface area contributed by atoms with Gasteiger partial charge in [-0.1, -0.05) is 0 Å². The Labute approximate surface area is 112 Å². The monoisotopic (exact) mass is 268 g/mol. The fourth-order valence-corrected chi connectivity index (χ4v) is 1.87. The van der Waals surface area contributed by atoms with E-state index in [9.17, 15) is 0 Å². The van der Waals surface area contributed by atoms with E-state index < -0.39 is 0 Å². The fraction of sp³-hybridized carbons (Fsp3) is 0.727. The van der Waals surface area contributed by atoms with Crippen molar-refractivity contribution >= 4 is 11.9 Å². The maximum absolute atomic E-state index is 5.44. The van der Waals surface area contributed by atoms with Crippen molar-refractivity contribution in [3.05, 3.63) is 0 Å². The molecule has 8 nitrogen and oxygen atoms in total. The minimum Gasteiger partial charge on any atom is -0.461 e. The first-order valence-corrected chi connectivity index (χ1v) is 6.51. The summed E-state index contributed by atoms with van der Waals surface area (Å²) >= 11 is 0. The third kappa shape index (κ3) is 3.90. The van der Waals surface area contributed by atoms with E-state index in [1.54, 1.807) is 0 Å². The summed E-state index contributed by atoms with van der Waals surface area (Å²) in [6.45, 7) is 5.41. The quantitative estimate of drug-likeness (QED) is 0.410. The van der Waals surface area contributed by atoms with Crippen LogP contribution in [0.25, 0.3) is 0 Å². The van der Waals surface area contributed by atoms with Crippen LogP contribution >= 0.6 is 0 Å². The minimum atomic E-state index is 0.268. The second-order valence-corrected chi connectivity index (χ2v) is 4.13. The molecule has 0 bridgehead atoms. The molecule has 0 radical (unpaired) electrons. The molecule has 0 spiro atoms. The number of rotatable bonds is 7. The Balaban J connectivity index is 2.02. The van der Waals surface area contributed by atoms with Crippen LogP contribution in [0, 0.1) is 0 Å². The normalized spacial score (nSPS) is 14.7. The van der Waals surface area contributed by atoms with E-state index in [0.717, 1.165) is 25.9 Å². The molecule has 1 saturated heterocycles. The Morgan fingerprint density at radius 3 is 2.68 bits per heavy atom. The summed E-state index contributed by atoms with van der Waals surface area (Å²) in [5.41, 5.74) is 2.43. The predicted octanol–water partition coefficient (Wildman–Crippen LogP) is 0.173. The molecule has 1 fully saturated rings. The van der Waals surface area contributed by atoms with Gasteiger partial charge in [0.2, 0.25) is 11.9 Å². The zero-order valence-corrected chi connectivity index (χ0v) is 11.1. The lowest BCUT2D eigenvalue weighted by molar-refractivity contribution is 0.106. The number of nitrogen functional groups attached to an aromatic ring is 1. The zero-order chi connectivity index (χ0) is 13.5. The van der Waals surface area contributed by atoms with Gasteiger partial charge in [-0.2, -0.15) is 15.0 Å². The van der Waals surface area contributed by atoms with Crippen LogP contribution in [-0.4, -0.2) is 47.9 Å². The third-order valence-electron chi connectivity index (χ3n) is 2.78. The molecular weight excluding hydrogens is 248 g/mol. The van der Waals surface area contributed by atoms with Crippen molar-refractivity contribution in [3.8, 4) is 6.01 Å². The van der Waals surface area contributed by atoms with Crippen LogP contribution < -0.4 is 20.9 Å². The van der Waals surface area contributed by atoms with Crippen molar-refractivity contribution in [3.63, 3.8) is 0 Å². The molecule has 19 heavy (non-hydrogen) atoms. The molecule has 1 aromatic rings. The number of hydrogen-bond acceptors (Lipinski definition) is 8. The zero-order valence-electron chi connectivity index (χ0n) is 11.1. The van der Waals surface area contributed by atoms with Crippen molar-refractivity contribution in [2.75, 3.05) is 43.2 Å². The fourth-order valence-electron chi connectivity index (χ4n) is 1.87. The van der Waals surface area contributed by atoms with Crippen LogP contribution in [0.1, 0.15) is 19.8 Å². The lowest BCUT2D eigenvalue weighted by atomic mass is 10.4. The van der Waals surface area contributed by atoms with Gasteiger partial charge >= 0.3 is 6.01 Å². The summed E-state index contributed by atoms with van der Waals surface area (Å²) in [5, 5.41) is 0. The predicted molar refractivity (Wildman–Crippen MR) is 71.1 cm³/mol. The van der Waals surface area contributed by atoms with Crippen LogP contribution in [0.2, 0.25) is 0 Å². The van der Waals surface area contributed by atoms with E-state index in [1.165, 1.54) is 0 Å². The number of hydrazine groups is 1. The van der Waals surface area contributed by atoms with E-state index in [-0.39, 0.29) is 6.01 Å². The summed E-state index contributed by atoms with van der Waals surface area (Å²) in [5.74, 6) is 6.27.